The quantitative estimate of drug-likeness (QED) is 0.597. The molecule has 0 saturated heterocycles. The lowest BCUT2D eigenvalue weighted by atomic mass is 10.0. The van der Waals surface area contributed by atoms with Crippen molar-refractivity contribution in [2.45, 2.75) is 4.90 Å². The molecule has 0 N–H and O–H groups in total. The second-order valence-corrected chi connectivity index (χ2v) is 7.94. The molecule has 0 saturated carbocycles. The Labute approximate surface area is 185 Å². The molecule has 146 valence electrons. The molecular weight excluding hydrogens is 400 g/mol. The van der Waals surface area contributed by atoms with E-state index in [1.807, 2.05) is 79.0 Å². The molecule has 0 radical (unpaired) electrons. The first-order chi connectivity index (χ1) is 15.2. The van der Waals surface area contributed by atoms with Gasteiger partial charge in [0.05, 0.1) is 45.6 Å². The minimum absolute atomic E-state index is 0.849. The Kier molecular flexibility index (Phi) is 4.14. The second-order valence-electron chi connectivity index (χ2n) is 7.46. The van der Waals surface area contributed by atoms with Gasteiger partial charge in [-0.15, -0.1) is 12.6 Å². The summed E-state index contributed by atoms with van der Waals surface area (Å²) in [6, 6.07) is 8.05. The SMILES string of the molecule is Sc1ccccc1C1=CC2=NC1=CC1=NC(=CC3=NC(=CC4=NC(=C2)C=C4)C=C3)C=C1. The third-order valence-corrected chi connectivity index (χ3v) is 5.62. The molecule has 0 aliphatic carbocycles. The van der Waals surface area contributed by atoms with Crippen LogP contribution in [0.4, 0.5) is 0 Å². The van der Waals surface area contributed by atoms with Crippen LogP contribution < -0.4 is 0 Å². The van der Waals surface area contributed by atoms with Crippen LogP contribution in [0.3, 0.4) is 0 Å². The van der Waals surface area contributed by atoms with E-state index in [0.717, 1.165) is 61.7 Å². The lowest BCUT2D eigenvalue weighted by Gasteiger charge is -2.07. The zero-order valence-corrected chi connectivity index (χ0v) is 17.3. The zero-order chi connectivity index (χ0) is 20.8. The van der Waals surface area contributed by atoms with E-state index in [2.05, 4.69) is 29.8 Å². The normalized spacial score (nSPS) is 20.5. The number of benzene rings is 1. The molecule has 1 aromatic rings. The van der Waals surface area contributed by atoms with Crippen molar-refractivity contribution in [3.63, 3.8) is 0 Å². The first kappa shape index (κ1) is 18.0. The van der Waals surface area contributed by atoms with Crippen LogP contribution in [0.2, 0.25) is 0 Å². The number of thiol groups is 1. The van der Waals surface area contributed by atoms with Crippen molar-refractivity contribution in [3.05, 3.63) is 119 Å². The highest BCUT2D eigenvalue weighted by atomic mass is 32.1. The van der Waals surface area contributed by atoms with Gasteiger partial charge < -0.3 is 0 Å². The van der Waals surface area contributed by atoms with Gasteiger partial charge in [-0.2, -0.15) is 0 Å². The van der Waals surface area contributed by atoms with Crippen molar-refractivity contribution in [3.8, 4) is 0 Å². The van der Waals surface area contributed by atoms with Gasteiger partial charge in [0.25, 0.3) is 0 Å². The van der Waals surface area contributed by atoms with Crippen LogP contribution in [0.5, 0.6) is 0 Å². The van der Waals surface area contributed by atoms with Gasteiger partial charge in [0.15, 0.2) is 0 Å². The molecule has 0 atom stereocenters. The number of nitrogens with zero attached hydrogens (tertiary/aromatic N) is 4. The topological polar surface area (TPSA) is 49.4 Å². The van der Waals surface area contributed by atoms with E-state index in [-0.39, 0.29) is 0 Å². The molecule has 5 heterocycles. The highest BCUT2D eigenvalue weighted by Crippen LogP contribution is 2.34. The monoisotopic (exact) mass is 416 g/mol. The van der Waals surface area contributed by atoms with Gasteiger partial charge in [-0.1, -0.05) is 18.2 Å². The largest absolute Gasteiger partial charge is 0.249 e. The lowest BCUT2D eigenvalue weighted by molar-refractivity contribution is 1.37. The lowest BCUT2D eigenvalue weighted by Crippen LogP contribution is -1.91. The number of fused-ring (bicyclic) bond motifs is 4. The van der Waals surface area contributed by atoms with Crippen molar-refractivity contribution in [2.24, 2.45) is 20.0 Å². The standard InChI is InChI=1S/C26H16N4S/c31-26-4-2-1-3-23(26)24-14-22-13-20-8-7-18(28-20)11-16-5-6-17(27-16)12-19-9-10-21(29-19)15-25(24)30-22/h1-15,31H. The Hall–Kier alpha value is -3.83. The summed E-state index contributed by atoms with van der Waals surface area (Å²) in [5.74, 6) is 0. The van der Waals surface area contributed by atoms with Gasteiger partial charge in [-0.05, 0) is 78.5 Å². The minimum Gasteiger partial charge on any atom is -0.249 e. The number of rotatable bonds is 1. The van der Waals surface area contributed by atoms with E-state index in [9.17, 15) is 0 Å². The van der Waals surface area contributed by atoms with Crippen LogP contribution >= 0.6 is 12.6 Å². The number of aliphatic imine (C=N–C) groups is 4. The van der Waals surface area contributed by atoms with Crippen LogP contribution in [0.25, 0.3) is 5.57 Å². The maximum Gasteiger partial charge on any atom is 0.0737 e. The summed E-state index contributed by atoms with van der Waals surface area (Å²) >= 11 is 4.66. The number of allylic oxidation sites excluding steroid dienone is 12. The van der Waals surface area contributed by atoms with Gasteiger partial charge in [0.2, 0.25) is 0 Å². The van der Waals surface area contributed by atoms with Crippen LogP contribution in [0, 0.1) is 0 Å². The summed E-state index contributed by atoms with van der Waals surface area (Å²) in [6.07, 6.45) is 22.0. The Morgan fingerprint density at radius 1 is 0.516 bits per heavy atom. The van der Waals surface area contributed by atoms with E-state index in [0.29, 0.717) is 0 Å². The molecule has 0 aromatic heterocycles. The van der Waals surface area contributed by atoms with Gasteiger partial charge in [-0.25, -0.2) is 20.0 Å². The molecule has 5 aliphatic heterocycles. The molecule has 5 aliphatic rings. The van der Waals surface area contributed by atoms with Crippen molar-refractivity contribution in [1.29, 1.82) is 0 Å². The van der Waals surface area contributed by atoms with Crippen LogP contribution in [-0.2, 0) is 0 Å². The third-order valence-electron chi connectivity index (χ3n) is 5.23. The molecule has 0 fully saturated rings. The molecule has 5 heteroatoms. The fourth-order valence-electron chi connectivity index (χ4n) is 3.81. The molecule has 0 spiro atoms. The van der Waals surface area contributed by atoms with E-state index in [1.165, 1.54) is 0 Å². The predicted molar refractivity (Wildman–Crippen MR) is 131 cm³/mol. The van der Waals surface area contributed by atoms with E-state index >= 15 is 0 Å². The van der Waals surface area contributed by atoms with E-state index < -0.39 is 0 Å². The second kappa shape index (κ2) is 7.15. The summed E-state index contributed by atoms with van der Waals surface area (Å²) in [6.45, 7) is 0. The maximum absolute atomic E-state index is 4.88. The fourth-order valence-corrected chi connectivity index (χ4v) is 4.10. The molecule has 4 nitrogen and oxygen atoms in total. The number of hydrogen-bond acceptors (Lipinski definition) is 5. The van der Waals surface area contributed by atoms with Crippen LogP contribution in [0.1, 0.15) is 5.56 Å². The molecule has 31 heavy (non-hydrogen) atoms. The maximum atomic E-state index is 4.88. The highest BCUT2D eigenvalue weighted by Gasteiger charge is 2.19. The third kappa shape index (κ3) is 3.49. The van der Waals surface area contributed by atoms with Crippen molar-refractivity contribution < 1.29 is 0 Å². The van der Waals surface area contributed by atoms with Crippen LogP contribution in [0.15, 0.2) is 139 Å². The van der Waals surface area contributed by atoms with Crippen molar-refractivity contribution in [2.75, 3.05) is 0 Å². The average molecular weight is 417 g/mol. The molecule has 8 bridgehead atoms. The zero-order valence-electron chi connectivity index (χ0n) is 16.4. The summed E-state index contributed by atoms with van der Waals surface area (Å²) < 4.78 is 0. The summed E-state index contributed by atoms with van der Waals surface area (Å²) in [7, 11) is 0. The number of hydrogen-bond donors (Lipinski definition) is 1. The Morgan fingerprint density at radius 2 is 1.06 bits per heavy atom. The molecule has 0 unspecified atom stereocenters. The van der Waals surface area contributed by atoms with Gasteiger partial charge in [0.1, 0.15) is 0 Å². The van der Waals surface area contributed by atoms with Crippen molar-refractivity contribution in [1.82, 2.24) is 0 Å². The van der Waals surface area contributed by atoms with Crippen LogP contribution in [-0.4, -0.2) is 22.8 Å². The fraction of sp³-hybridized carbons (Fsp3) is 0. The smallest absolute Gasteiger partial charge is 0.0737 e. The van der Waals surface area contributed by atoms with Gasteiger partial charge in [-0.3, -0.25) is 0 Å². The molecule has 6 rings (SSSR count). The van der Waals surface area contributed by atoms with E-state index in [1.54, 1.807) is 0 Å². The first-order valence-electron chi connectivity index (χ1n) is 9.96. The highest BCUT2D eigenvalue weighted by molar-refractivity contribution is 7.80. The average Bonchev–Trinajstić information content (AvgIpc) is 3.53. The van der Waals surface area contributed by atoms with Gasteiger partial charge in [0, 0.05) is 10.5 Å². The minimum atomic E-state index is 0.849. The Bertz CT molecular complexity index is 1410. The molecular formula is C26H16N4S. The molecule has 1 aromatic carbocycles. The van der Waals surface area contributed by atoms with E-state index in [4.69, 9.17) is 15.0 Å². The first-order valence-corrected chi connectivity index (χ1v) is 10.4. The summed E-state index contributed by atoms with van der Waals surface area (Å²) in [5, 5.41) is 0. The Balaban J connectivity index is 1.52. The summed E-state index contributed by atoms with van der Waals surface area (Å²) in [4.78, 5) is 19.9. The molecule has 0 amide bonds. The summed E-state index contributed by atoms with van der Waals surface area (Å²) in [5.41, 5.74) is 8.98. The van der Waals surface area contributed by atoms with Crippen molar-refractivity contribution >= 4 is 41.0 Å². The van der Waals surface area contributed by atoms with Gasteiger partial charge >= 0.3 is 0 Å². The Morgan fingerprint density at radius 3 is 1.68 bits per heavy atom. The predicted octanol–water partition coefficient (Wildman–Crippen LogP) is 5.39.